The van der Waals surface area contributed by atoms with Gasteiger partial charge in [0.2, 0.25) is 5.01 Å². The van der Waals surface area contributed by atoms with E-state index in [1.165, 1.54) is 18.7 Å². The number of rotatable bonds is 3. The van der Waals surface area contributed by atoms with Crippen molar-refractivity contribution in [1.29, 1.82) is 0 Å². The topological polar surface area (TPSA) is 60.8 Å². The average molecular weight is 262 g/mol. The summed E-state index contributed by atoms with van der Waals surface area (Å²) in [4.78, 5) is 7.39. The Kier molecular flexibility index (Phi) is 3.18. The van der Waals surface area contributed by atoms with E-state index in [1.807, 2.05) is 0 Å². The predicted octanol–water partition coefficient (Wildman–Crippen LogP) is 1.93. The second-order valence-electron chi connectivity index (χ2n) is 2.86. The molecule has 0 aliphatic heterocycles. The Morgan fingerprint density at radius 1 is 1.18 bits per heavy atom. The molecule has 0 amide bonds. The van der Waals surface area contributed by atoms with Gasteiger partial charge in [-0.2, -0.15) is 13.2 Å². The van der Waals surface area contributed by atoms with E-state index in [-0.39, 0.29) is 11.6 Å². The van der Waals surface area contributed by atoms with Crippen LogP contribution in [0.2, 0.25) is 0 Å². The third-order valence-electron chi connectivity index (χ3n) is 1.61. The van der Waals surface area contributed by atoms with Crippen LogP contribution in [-0.4, -0.2) is 20.2 Å². The monoisotopic (exact) mass is 262 g/mol. The van der Waals surface area contributed by atoms with Crippen molar-refractivity contribution >= 4 is 11.3 Å². The third-order valence-corrected chi connectivity index (χ3v) is 2.55. The van der Waals surface area contributed by atoms with E-state index in [4.69, 9.17) is 4.74 Å². The molecule has 0 aliphatic rings. The van der Waals surface area contributed by atoms with Gasteiger partial charge in [-0.15, -0.1) is 10.2 Å². The van der Waals surface area contributed by atoms with Crippen LogP contribution in [0.4, 0.5) is 13.2 Å². The maximum Gasteiger partial charge on any atom is 0.445 e. The Hall–Kier alpha value is -1.77. The van der Waals surface area contributed by atoms with Crippen molar-refractivity contribution in [3.05, 3.63) is 28.7 Å². The normalized spacial score (nSPS) is 11.5. The Morgan fingerprint density at radius 2 is 1.88 bits per heavy atom. The molecule has 2 aromatic heterocycles. The smallest absolute Gasteiger partial charge is 0.445 e. The first-order valence-corrected chi connectivity index (χ1v) is 5.15. The number of hydrogen-bond donors (Lipinski definition) is 0. The Bertz CT molecular complexity index is 487. The first-order chi connectivity index (χ1) is 8.05. The van der Waals surface area contributed by atoms with Crippen molar-refractivity contribution in [2.24, 2.45) is 0 Å². The van der Waals surface area contributed by atoms with Crippen LogP contribution in [0.15, 0.2) is 18.7 Å². The van der Waals surface area contributed by atoms with Crippen molar-refractivity contribution in [2.75, 3.05) is 0 Å². The molecule has 5 nitrogen and oxygen atoms in total. The lowest BCUT2D eigenvalue weighted by Gasteiger charge is -2.01. The lowest BCUT2D eigenvalue weighted by molar-refractivity contribution is -0.138. The number of halogens is 3. The molecule has 9 heteroatoms. The fourth-order valence-corrected chi connectivity index (χ4v) is 1.55. The molecule has 2 aromatic rings. The van der Waals surface area contributed by atoms with Crippen LogP contribution in [0.25, 0.3) is 0 Å². The molecule has 0 spiro atoms. The highest BCUT2D eigenvalue weighted by atomic mass is 32.1. The average Bonchev–Trinajstić information content (AvgIpc) is 2.76. The van der Waals surface area contributed by atoms with Crippen molar-refractivity contribution in [3.8, 4) is 5.75 Å². The van der Waals surface area contributed by atoms with Crippen LogP contribution >= 0.6 is 11.3 Å². The Balaban J connectivity index is 1.99. The van der Waals surface area contributed by atoms with Gasteiger partial charge >= 0.3 is 6.18 Å². The maximum atomic E-state index is 12.2. The SMILES string of the molecule is FC(F)(F)c1nnc(COc2cncnc2)s1. The fraction of sp³-hybridized carbons (Fsp3) is 0.250. The van der Waals surface area contributed by atoms with E-state index in [0.717, 1.165) is 0 Å². The molecule has 0 aromatic carbocycles. The van der Waals surface area contributed by atoms with Crippen molar-refractivity contribution in [1.82, 2.24) is 20.2 Å². The number of nitrogens with zero attached hydrogens (tertiary/aromatic N) is 4. The van der Waals surface area contributed by atoms with Crippen LogP contribution in [0.5, 0.6) is 5.75 Å². The minimum atomic E-state index is -4.47. The second-order valence-corrected chi connectivity index (χ2v) is 3.92. The molecular weight excluding hydrogens is 257 g/mol. The quantitative estimate of drug-likeness (QED) is 0.845. The maximum absolute atomic E-state index is 12.2. The second kappa shape index (κ2) is 4.62. The van der Waals surface area contributed by atoms with Gasteiger partial charge in [0.15, 0.2) is 10.8 Å². The summed E-state index contributed by atoms with van der Waals surface area (Å²) in [6, 6.07) is 0. The molecule has 2 rings (SSSR count). The van der Waals surface area contributed by atoms with E-state index < -0.39 is 11.2 Å². The number of aromatic nitrogens is 4. The summed E-state index contributed by atoms with van der Waals surface area (Å²) in [5.41, 5.74) is 0. The Morgan fingerprint density at radius 3 is 2.47 bits per heavy atom. The molecule has 0 radical (unpaired) electrons. The first kappa shape index (κ1) is 11.7. The third kappa shape index (κ3) is 3.09. The molecule has 90 valence electrons. The molecular formula is C8H5F3N4OS. The lowest BCUT2D eigenvalue weighted by atomic mass is 10.6. The zero-order valence-corrected chi connectivity index (χ0v) is 8.99. The number of alkyl halides is 3. The fourth-order valence-electron chi connectivity index (χ4n) is 0.932. The zero-order chi connectivity index (χ0) is 12.3. The number of hydrogen-bond acceptors (Lipinski definition) is 6. The van der Waals surface area contributed by atoms with Gasteiger partial charge in [-0.05, 0) is 0 Å². The van der Waals surface area contributed by atoms with E-state index in [2.05, 4.69) is 20.2 Å². The first-order valence-electron chi connectivity index (χ1n) is 4.33. The summed E-state index contributed by atoms with van der Waals surface area (Å²) in [6.45, 7) is -0.0961. The summed E-state index contributed by atoms with van der Waals surface area (Å²) >= 11 is 0.446. The highest BCUT2D eigenvalue weighted by molar-refractivity contribution is 7.11. The lowest BCUT2D eigenvalue weighted by Crippen LogP contribution is -2.03. The molecule has 0 N–H and O–H groups in total. The molecule has 0 saturated heterocycles. The molecule has 0 saturated carbocycles. The molecule has 0 bridgehead atoms. The summed E-state index contributed by atoms with van der Waals surface area (Å²) in [5.74, 6) is 0.358. The van der Waals surface area contributed by atoms with E-state index in [1.54, 1.807) is 0 Å². The van der Waals surface area contributed by atoms with Crippen LogP contribution in [0.3, 0.4) is 0 Å². The van der Waals surface area contributed by atoms with Gasteiger partial charge in [-0.3, -0.25) is 0 Å². The summed E-state index contributed by atoms with van der Waals surface area (Å²) < 4.78 is 41.8. The van der Waals surface area contributed by atoms with Crippen molar-refractivity contribution in [2.45, 2.75) is 12.8 Å². The zero-order valence-electron chi connectivity index (χ0n) is 8.18. The van der Waals surface area contributed by atoms with Gasteiger partial charge in [0.05, 0.1) is 12.4 Å². The molecule has 2 heterocycles. The standard InChI is InChI=1S/C8H5F3N4OS/c9-8(10,11)7-15-14-6(17-7)3-16-5-1-12-4-13-2-5/h1-2,4H,3H2. The molecule has 0 aliphatic carbocycles. The minimum absolute atomic E-state index is 0.0961. The van der Waals surface area contributed by atoms with Crippen LogP contribution in [0, 0.1) is 0 Å². The predicted molar refractivity (Wildman–Crippen MR) is 51.3 cm³/mol. The van der Waals surface area contributed by atoms with Gasteiger partial charge < -0.3 is 4.74 Å². The summed E-state index contributed by atoms with van der Waals surface area (Å²) in [5, 5.41) is 5.57. The summed E-state index contributed by atoms with van der Waals surface area (Å²) in [7, 11) is 0. The van der Waals surface area contributed by atoms with Gasteiger partial charge in [0.1, 0.15) is 12.9 Å². The van der Waals surface area contributed by atoms with Crippen molar-refractivity contribution in [3.63, 3.8) is 0 Å². The van der Waals surface area contributed by atoms with Gasteiger partial charge in [0.25, 0.3) is 0 Å². The summed E-state index contributed by atoms with van der Waals surface area (Å²) in [6.07, 6.45) is -0.344. The minimum Gasteiger partial charge on any atom is -0.483 e. The van der Waals surface area contributed by atoms with Gasteiger partial charge in [-0.1, -0.05) is 11.3 Å². The van der Waals surface area contributed by atoms with Crippen LogP contribution < -0.4 is 4.74 Å². The van der Waals surface area contributed by atoms with Crippen LogP contribution in [0.1, 0.15) is 10.0 Å². The van der Waals surface area contributed by atoms with Crippen LogP contribution in [-0.2, 0) is 12.8 Å². The largest absolute Gasteiger partial charge is 0.483 e. The molecule has 17 heavy (non-hydrogen) atoms. The van der Waals surface area contributed by atoms with Gasteiger partial charge in [-0.25, -0.2) is 9.97 Å². The van der Waals surface area contributed by atoms with Gasteiger partial charge in [0, 0.05) is 0 Å². The number of ether oxygens (including phenoxy) is 1. The highest BCUT2D eigenvalue weighted by Gasteiger charge is 2.35. The Labute approximate surface area is 97.3 Å². The highest BCUT2D eigenvalue weighted by Crippen LogP contribution is 2.31. The molecule has 0 atom stereocenters. The molecule has 0 fully saturated rings. The van der Waals surface area contributed by atoms with E-state index in [9.17, 15) is 13.2 Å². The van der Waals surface area contributed by atoms with E-state index >= 15 is 0 Å². The molecule has 0 unspecified atom stereocenters. The van der Waals surface area contributed by atoms with E-state index in [0.29, 0.717) is 17.1 Å². The van der Waals surface area contributed by atoms with Crippen molar-refractivity contribution < 1.29 is 17.9 Å².